The van der Waals surface area contributed by atoms with Gasteiger partial charge in [0.25, 0.3) is 0 Å². The highest BCUT2D eigenvalue weighted by atomic mass is 16.5. The van der Waals surface area contributed by atoms with Crippen LogP contribution in [0.1, 0.15) is 33.3 Å². The van der Waals surface area contributed by atoms with E-state index in [0.29, 0.717) is 12.6 Å². The van der Waals surface area contributed by atoms with E-state index in [9.17, 15) is 0 Å². The number of hydrogen-bond acceptors (Lipinski definition) is 3. The molecule has 0 radical (unpaired) electrons. The molecule has 3 nitrogen and oxygen atoms in total. The molecule has 0 amide bonds. The van der Waals surface area contributed by atoms with Crippen molar-refractivity contribution >= 4 is 0 Å². The first kappa shape index (κ1) is 14.8. The third-order valence-corrected chi connectivity index (χ3v) is 2.98. The first-order chi connectivity index (χ1) is 8.38. The van der Waals surface area contributed by atoms with Gasteiger partial charge in [0.05, 0.1) is 7.11 Å². The molecule has 1 N–H and O–H groups in total. The SMILES string of the molecule is CNC(C)COc1ccc(OC)cc1C(C)(C)C. The van der Waals surface area contributed by atoms with E-state index in [-0.39, 0.29) is 5.41 Å². The van der Waals surface area contributed by atoms with Crippen molar-refractivity contribution in [2.75, 3.05) is 20.8 Å². The molecule has 1 aromatic carbocycles. The number of rotatable bonds is 5. The molecule has 0 spiro atoms. The molecule has 0 aliphatic carbocycles. The summed E-state index contributed by atoms with van der Waals surface area (Å²) in [5.41, 5.74) is 1.21. The summed E-state index contributed by atoms with van der Waals surface area (Å²) in [5, 5.41) is 3.17. The van der Waals surface area contributed by atoms with Crippen LogP contribution in [0.2, 0.25) is 0 Å². The van der Waals surface area contributed by atoms with Crippen molar-refractivity contribution in [3.63, 3.8) is 0 Å². The zero-order valence-corrected chi connectivity index (χ0v) is 12.3. The third-order valence-electron chi connectivity index (χ3n) is 2.98. The van der Waals surface area contributed by atoms with Crippen molar-refractivity contribution in [3.05, 3.63) is 23.8 Å². The summed E-state index contributed by atoms with van der Waals surface area (Å²) < 4.78 is 11.2. The molecule has 18 heavy (non-hydrogen) atoms. The van der Waals surface area contributed by atoms with Crippen LogP contribution in [-0.2, 0) is 5.41 Å². The number of hydrogen-bond donors (Lipinski definition) is 1. The molecule has 0 heterocycles. The van der Waals surface area contributed by atoms with Crippen molar-refractivity contribution < 1.29 is 9.47 Å². The predicted molar refractivity (Wildman–Crippen MR) is 75.7 cm³/mol. The van der Waals surface area contributed by atoms with E-state index < -0.39 is 0 Å². The van der Waals surface area contributed by atoms with Gasteiger partial charge in [0.2, 0.25) is 0 Å². The molecule has 0 bridgehead atoms. The summed E-state index contributed by atoms with van der Waals surface area (Å²) in [7, 11) is 3.62. The molecule has 1 unspecified atom stereocenters. The monoisotopic (exact) mass is 251 g/mol. The van der Waals surface area contributed by atoms with E-state index in [4.69, 9.17) is 9.47 Å². The summed E-state index contributed by atoms with van der Waals surface area (Å²) in [4.78, 5) is 0. The van der Waals surface area contributed by atoms with Crippen LogP contribution >= 0.6 is 0 Å². The number of benzene rings is 1. The Bertz CT molecular complexity index is 383. The van der Waals surface area contributed by atoms with Crippen LogP contribution in [0.3, 0.4) is 0 Å². The summed E-state index contributed by atoms with van der Waals surface area (Å²) in [6.45, 7) is 9.29. The maximum absolute atomic E-state index is 5.90. The van der Waals surface area contributed by atoms with Gasteiger partial charge in [-0.2, -0.15) is 0 Å². The molecule has 0 saturated carbocycles. The second kappa shape index (κ2) is 6.10. The molecule has 0 aromatic heterocycles. The number of likely N-dealkylation sites (N-methyl/N-ethyl adjacent to an activating group) is 1. The van der Waals surface area contributed by atoms with Crippen LogP contribution in [0, 0.1) is 0 Å². The van der Waals surface area contributed by atoms with Gasteiger partial charge in [-0.1, -0.05) is 20.8 Å². The van der Waals surface area contributed by atoms with Gasteiger partial charge >= 0.3 is 0 Å². The van der Waals surface area contributed by atoms with Crippen LogP contribution in [0.5, 0.6) is 11.5 Å². The van der Waals surface area contributed by atoms with Crippen LogP contribution < -0.4 is 14.8 Å². The fourth-order valence-corrected chi connectivity index (χ4v) is 1.65. The zero-order chi connectivity index (χ0) is 13.8. The second-order valence-electron chi connectivity index (χ2n) is 5.61. The number of methoxy groups -OCH3 is 1. The van der Waals surface area contributed by atoms with Gasteiger partial charge in [-0.05, 0) is 37.6 Å². The Hall–Kier alpha value is -1.22. The van der Waals surface area contributed by atoms with E-state index in [1.165, 1.54) is 5.56 Å². The second-order valence-corrected chi connectivity index (χ2v) is 5.61. The molecule has 3 heteroatoms. The molecule has 0 aliphatic heterocycles. The van der Waals surface area contributed by atoms with Crippen molar-refractivity contribution in [1.82, 2.24) is 5.32 Å². The first-order valence-corrected chi connectivity index (χ1v) is 6.37. The number of nitrogens with one attached hydrogen (secondary N) is 1. The van der Waals surface area contributed by atoms with Gasteiger partial charge in [-0.15, -0.1) is 0 Å². The Balaban J connectivity index is 2.96. The van der Waals surface area contributed by atoms with Gasteiger partial charge < -0.3 is 14.8 Å². The van der Waals surface area contributed by atoms with E-state index in [1.807, 2.05) is 19.2 Å². The minimum Gasteiger partial charge on any atom is -0.497 e. The molecule has 0 aliphatic rings. The molecular weight excluding hydrogens is 226 g/mol. The summed E-state index contributed by atoms with van der Waals surface area (Å²) in [6.07, 6.45) is 0. The largest absolute Gasteiger partial charge is 0.497 e. The Morgan fingerprint density at radius 1 is 1.28 bits per heavy atom. The van der Waals surface area contributed by atoms with Crippen LogP contribution in [0.25, 0.3) is 0 Å². The molecule has 1 aromatic rings. The minimum atomic E-state index is 0.0345. The lowest BCUT2D eigenvalue weighted by Crippen LogP contribution is -2.28. The maximum atomic E-state index is 5.90. The smallest absolute Gasteiger partial charge is 0.123 e. The van der Waals surface area contributed by atoms with E-state index in [0.717, 1.165) is 11.5 Å². The minimum absolute atomic E-state index is 0.0345. The zero-order valence-electron chi connectivity index (χ0n) is 12.3. The predicted octanol–water partition coefficient (Wildman–Crippen LogP) is 2.98. The van der Waals surface area contributed by atoms with Gasteiger partial charge in [0.15, 0.2) is 0 Å². The standard InChI is InChI=1S/C15H25NO2/c1-11(16-5)10-18-14-8-7-12(17-6)9-13(14)15(2,3)4/h7-9,11,16H,10H2,1-6H3. The summed E-state index contributed by atoms with van der Waals surface area (Å²) in [5.74, 6) is 1.80. The highest BCUT2D eigenvalue weighted by Crippen LogP contribution is 2.34. The first-order valence-electron chi connectivity index (χ1n) is 6.37. The average molecular weight is 251 g/mol. The van der Waals surface area contributed by atoms with Crippen molar-refractivity contribution in [1.29, 1.82) is 0 Å². The molecule has 1 atom stereocenters. The molecular formula is C15H25NO2. The molecule has 0 fully saturated rings. The fourth-order valence-electron chi connectivity index (χ4n) is 1.65. The van der Waals surface area contributed by atoms with E-state index >= 15 is 0 Å². The fraction of sp³-hybridized carbons (Fsp3) is 0.600. The third kappa shape index (κ3) is 3.91. The Morgan fingerprint density at radius 2 is 1.94 bits per heavy atom. The summed E-state index contributed by atoms with van der Waals surface area (Å²) in [6, 6.07) is 6.32. The Kier molecular flexibility index (Phi) is 5.03. The van der Waals surface area contributed by atoms with Crippen molar-refractivity contribution in [2.24, 2.45) is 0 Å². The number of ether oxygens (including phenoxy) is 2. The van der Waals surface area contributed by atoms with Crippen molar-refractivity contribution in [2.45, 2.75) is 39.2 Å². The van der Waals surface area contributed by atoms with Crippen LogP contribution in [0.4, 0.5) is 0 Å². The molecule has 0 saturated heterocycles. The van der Waals surface area contributed by atoms with Crippen molar-refractivity contribution in [3.8, 4) is 11.5 Å². The Labute approximate surface area is 110 Å². The van der Waals surface area contributed by atoms with Gasteiger partial charge in [0.1, 0.15) is 18.1 Å². The van der Waals surface area contributed by atoms with E-state index in [1.54, 1.807) is 7.11 Å². The lowest BCUT2D eigenvalue weighted by molar-refractivity contribution is 0.273. The highest BCUT2D eigenvalue weighted by molar-refractivity contribution is 5.44. The molecule has 1 rings (SSSR count). The topological polar surface area (TPSA) is 30.5 Å². The normalized spacial score (nSPS) is 13.2. The van der Waals surface area contributed by atoms with E-state index in [2.05, 4.69) is 39.1 Å². The lowest BCUT2D eigenvalue weighted by Gasteiger charge is -2.24. The van der Waals surface area contributed by atoms with Crippen LogP contribution in [0.15, 0.2) is 18.2 Å². The van der Waals surface area contributed by atoms with Gasteiger partial charge in [0, 0.05) is 11.6 Å². The maximum Gasteiger partial charge on any atom is 0.123 e. The van der Waals surface area contributed by atoms with Gasteiger partial charge in [-0.25, -0.2) is 0 Å². The average Bonchev–Trinajstić information content (AvgIpc) is 2.34. The summed E-state index contributed by atoms with van der Waals surface area (Å²) >= 11 is 0. The Morgan fingerprint density at radius 3 is 2.44 bits per heavy atom. The quantitative estimate of drug-likeness (QED) is 0.872. The van der Waals surface area contributed by atoms with Crippen LogP contribution in [-0.4, -0.2) is 26.8 Å². The van der Waals surface area contributed by atoms with Gasteiger partial charge in [-0.3, -0.25) is 0 Å². The lowest BCUT2D eigenvalue weighted by atomic mass is 9.86. The highest BCUT2D eigenvalue weighted by Gasteiger charge is 2.20. The molecule has 102 valence electrons.